The molecule has 0 spiro atoms. The van der Waals surface area contributed by atoms with Gasteiger partial charge >= 0.3 is 6.18 Å². The summed E-state index contributed by atoms with van der Waals surface area (Å²) in [5, 5.41) is 3.77. The second-order valence-corrected chi connectivity index (χ2v) is 4.49. The number of alkyl halides is 3. The fourth-order valence-corrected chi connectivity index (χ4v) is 2.13. The fraction of sp³-hybridized carbons (Fsp3) is 0.167. The average molecular weight is 273 g/mol. The Kier molecular flexibility index (Phi) is 3.47. The van der Waals surface area contributed by atoms with E-state index in [0.717, 1.165) is 11.1 Å². The summed E-state index contributed by atoms with van der Waals surface area (Å²) < 4.78 is 40.9. The Hall–Kier alpha value is -1.69. The first-order chi connectivity index (χ1) is 8.44. The number of hydrogen-bond donors (Lipinski definition) is 1. The SMILES string of the molecule is Nc1cc(OCC(F)(F)F)cc(-c2ccsc2)c1. The van der Waals surface area contributed by atoms with Crippen molar-refractivity contribution in [3.05, 3.63) is 35.0 Å². The number of anilines is 1. The number of thiophene rings is 1. The molecule has 0 aliphatic heterocycles. The molecule has 2 aromatic rings. The van der Waals surface area contributed by atoms with Gasteiger partial charge in [0, 0.05) is 11.8 Å². The van der Waals surface area contributed by atoms with Crippen LogP contribution in [-0.2, 0) is 0 Å². The minimum Gasteiger partial charge on any atom is -0.484 e. The third-order valence-corrected chi connectivity index (χ3v) is 2.87. The van der Waals surface area contributed by atoms with E-state index in [0.29, 0.717) is 5.69 Å². The highest BCUT2D eigenvalue weighted by molar-refractivity contribution is 7.08. The zero-order valence-corrected chi connectivity index (χ0v) is 10.0. The first-order valence-corrected chi connectivity index (χ1v) is 6.01. The predicted molar refractivity (Wildman–Crippen MR) is 65.7 cm³/mol. The van der Waals surface area contributed by atoms with Gasteiger partial charge in [0.2, 0.25) is 0 Å². The van der Waals surface area contributed by atoms with Crippen molar-refractivity contribution in [2.45, 2.75) is 6.18 Å². The molecule has 1 aromatic heterocycles. The molecule has 96 valence electrons. The maximum atomic E-state index is 12.1. The van der Waals surface area contributed by atoms with Gasteiger partial charge in [0.15, 0.2) is 6.61 Å². The van der Waals surface area contributed by atoms with Crippen LogP contribution in [0.5, 0.6) is 5.75 Å². The number of rotatable bonds is 3. The molecule has 6 heteroatoms. The molecular weight excluding hydrogens is 263 g/mol. The smallest absolute Gasteiger partial charge is 0.422 e. The van der Waals surface area contributed by atoms with E-state index in [1.165, 1.54) is 17.4 Å². The summed E-state index contributed by atoms with van der Waals surface area (Å²) in [6, 6.07) is 6.49. The molecule has 18 heavy (non-hydrogen) atoms. The molecule has 0 atom stereocenters. The van der Waals surface area contributed by atoms with Gasteiger partial charge in [-0.15, -0.1) is 0 Å². The largest absolute Gasteiger partial charge is 0.484 e. The molecule has 1 heterocycles. The summed E-state index contributed by atoms with van der Waals surface area (Å²) in [5.41, 5.74) is 7.67. The summed E-state index contributed by atoms with van der Waals surface area (Å²) in [5.74, 6) is 0.119. The average Bonchev–Trinajstić information content (AvgIpc) is 2.78. The van der Waals surface area contributed by atoms with E-state index in [9.17, 15) is 13.2 Å². The van der Waals surface area contributed by atoms with Crippen molar-refractivity contribution in [2.75, 3.05) is 12.3 Å². The number of nitrogens with two attached hydrogens (primary N) is 1. The molecule has 0 amide bonds. The minimum absolute atomic E-state index is 0.119. The van der Waals surface area contributed by atoms with Gasteiger partial charge < -0.3 is 10.5 Å². The lowest BCUT2D eigenvalue weighted by Gasteiger charge is -2.11. The number of hydrogen-bond acceptors (Lipinski definition) is 3. The molecule has 0 fully saturated rings. The Morgan fingerprint density at radius 2 is 1.94 bits per heavy atom. The second-order valence-electron chi connectivity index (χ2n) is 3.71. The van der Waals surface area contributed by atoms with E-state index >= 15 is 0 Å². The summed E-state index contributed by atoms with van der Waals surface area (Å²) in [7, 11) is 0. The van der Waals surface area contributed by atoms with E-state index in [4.69, 9.17) is 5.73 Å². The predicted octanol–water partition coefficient (Wildman–Crippen LogP) is 3.94. The summed E-state index contributed by atoms with van der Waals surface area (Å²) >= 11 is 1.50. The van der Waals surface area contributed by atoms with Gasteiger partial charge in [-0.1, -0.05) is 0 Å². The lowest BCUT2D eigenvalue weighted by molar-refractivity contribution is -0.153. The topological polar surface area (TPSA) is 35.2 Å². The minimum atomic E-state index is -4.35. The standard InChI is InChI=1S/C12H10F3NOS/c13-12(14,15)7-17-11-4-9(3-10(16)5-11)8-1-2-18-6-8/h1-6H,7,16H2. The molecule has 0 aliphatic carbocycles. The lowest BCUT2D eigenvalue weighted by atomic mass is 10.1. The quantitative estimate of drug-likeness (QED) is 0.860. The van der Waals surface area contributed by atoms with Gasteiger partial charge in [-0.05, 0) is 40.1 Å². The van der Waals surface area contributed by atoms with Gasteiger partial charge in [0.05, 0.1) is 0 Å². The zero-order chi connectivity index (χ0) is 13.2. The van der Waals surface area contributed by atoms with Crippen molar-refractivity contribution >= 4 is 17.0 Å². The van der Waals surface area contributed by atoms with Crippen LogP contribution >= 0.6 is 11.3 Å². The molecule has 0 unspecified atom stereocenters. The highest BCUT2D eigenvalue weighted by Gasteiger charge is 2.28. The Balaban J connectivity index is 2.22. The Bertz CT molecular complexity index is 523. The summed E-state index contributed by atoms with van der Waals surface area (Å²) in [6.07, 6.45) is -4.35. The maximum absolute atomic E-state index is 12.1. The number of benzene rings is 1. The van der Waals surface area contributed by atoms with E-state index in [1.54, 1.807) is 12.1 Å². The van der Waals surface area contributed by atoms with E-state index in [2.05, 4.69) is 4.74 Å². The molecular formula is C12H10F3NOS. The van der Waals surface area contributed by atoms with Crippen molar-refractivity contribution in [3.8, 4) is 16.9 Å². The van der Waals surface area contributed by atoms with Gasteiger partial charge in [-0.3, -0.25) is 0 Å². The van der Waals surface area contributed by atoms with Crippen LogP contribution < -0.4 is 10.5 Å². The van der Waals surface area contributed by atoms with Crippen LogP contribution in [0.1, 0.15) is 0 Å². The third kappa shape index (κ3) is 3.40. The van der Waals surface area contributed by atoms with E-state index < -0.39 is 12.8 Å². The highest BCUT2D eigenvalue weighted by atomic mass is 32.1. The summed E-state index contributed by atoms with van der Waals surface area (Å²) in [6.45, 7) is -1.32. The second kappa shape index (κ2) is 4.89. The van der Waals surface area contributed by atoms with Crippen molar-refractivity contribution in [2.24, 2.45) is 0 Å². The molecule has 1 aromatic carbocycles. The van der Waals surface area contributed by atoms with Crippen LogP contribution in [0, 0.1) is 0 Å². The van der Waals surface area contributed by atoms with Crippen molar-refractivity contribution in [1.29, 1.82) is 0 Å². The van der Waals surface area contributed by atoms with Crippen LogP contribution in [-0.4, -0.2) is 12.8 Å². The fourth-order valence-electron chi connectivity index (χ4n) is 1.47. The molecule has 0 saturated heterocycles. The van der Waals surface area contributed by atoms with Crippen molar-refractivity contribution < 1.29 is 17.9 Å². The van der Waals surface area contributed by atoms with Gasteiger partial charge in [0.1, 0.15) is 5.75 Å². The zero-order valence-electron chi connectivity index (χ0n) is 9.20. The number of nitrogen functional groups attached to an aromatic ring is 1. The van der Waals surface area contributed by atoms with E-state index in [-0.39, 0.29) is 5.75 Å². The molecule has 2 nitrogen and oxygen atoms in total. The normalized spacial score (nSPS) is 11.5. The molecule has 0 aliphatic rings. The summed E-state index contributed by atoms with van der Waals surface area (Å²) in [4.78, 5) is 0. The third-order valence-electron chi connectivity index (χ3n) is 2.19. The molecule has 0 bridgehead atoms. The van der Waals surface area contributed by atoms with Gasteiger partial charge in [-0.2, -0.15) is 24.5 Å². The van der Waals surface area contributed by atoms with Crippen LogP contribution in [0.25, 0.3) is 11.1 Å². The van der Waals surface area contributed by atoms with E-state index in [1.807, 2.05) is 16.8 Å². The monoisotopic (exact) mass is 273 g/mol. The first-order valence-electron chi connectivity index (χ1n) is 5.07. The highest BCUT2D eigenvalue weighted by Crippen LogP contribution is 2.29. The number of halogens is 3. The van der Waals surface area contributed by atoms with Crippen LogP contribution in [0.4, 0.5) is 18.9 Å². The van der Waals surface area contributed by atoms with Gasteiger partial charge in [-0.25, -0.2) is 0 Å². The molecule has 2 rings (SSSR count). The van der Waals surface area contributed by atoms with Crippen LogP contribution in [0.2, 0.25) is 0 Å². The van der Waals surface area contributed by atoms with Crippen LogP contribution in [0.15, 0.2) is 35.0 Å². The van der Waals surface area contributed by atoms with Crippen LogP contribution in [0.3, 0.4) is 0 Å². The van der Waals surface area contributed by atoms with Crippen molar-refractivity contribution in [1.82, 2.24) is 0 Å². The first kappa shape index (κ1) is 12.8. The lowest BCUT2D eigenvalue weighted by Crippen LogP contribution is -2.19. The Morgan fingerprint density at radius 3 is 2.56 bits per heavy atom. The molecule has 2 N–H and O–H groups in total. The Morgan fingerprint density at radius 1 is 1.17 bits per heavy atom. The number of ether oxygens (including phenoxy) is 1. The molecule has 0 radical (unpaired) electrons. The van der Waals surface area contributed by atoms with Crippen molar-refractivity contribution in [3.63, 3.8) is 0 Å². The Labute approximate surface area is 106 Å². The molecule has 0 saturated carbocycles. The van der Waals surface area contributed by atoms with Gasteiger partial charge in [0.25, 0.3) is 0 Å². The maximum Gasteiger partial charge on any atom is 0.422 e.